The SMILES string of the molecule is Cc1cc(C(=O)NCC(O)C2CCOCC2)ccc1F. The lowest BCUT2D eigenvalue weighted by Crippen LogP contribution is -2.38. The van der Waals surface area contributed by atoms with Gasteiger partial charge in [-0.25, -0.2) is 4.39 Å². The highest BCUT2D eigenvalue weighted by atomic mass is 19.1. The second-order valence-electron chi connectivity index (χ2n) is 5.19. The minimum absolute atomic E-state index is 0.166. The molecule has 110 valence electrons. The molecule has 20 heavy (non-hydrogen) atoms. The predicted molar refractivity (Wildman–Crippen MR) is 73.0 cm³/mol. The standard InChI is InChI=1S/C15H20FNO3/c1-10-8-12(2-3-13(10)16)15(19)17-9-14(18)11-4-6-20-7-5-11/h2-3,8,11,14,18H,4-7,9H2,1H3,(H,17,19). The Bertz CT molecular complexity index is 472. The van der Waals surface area contributed by atoms with Crippen molar-refractivity contribution in [3.63, 3.8) is 0 Å². The molecule has 1 unspecified atom stereocenters. The zero-order valence-electron chi connectivity index (χ0n) is 11.6. The Kier molecular flexibility index (Phi) is 5.09. The summed E-state index contributed by atoms with van der Waals surface area (Å²) in [6.07, 6.45) is 1.06. The number of hydrogen-bond acceptors (Lipinski definition) is 3. The van der Waals surface area contributed by atoms with Crippen LogP contribution in [-0.4, -0.2) is 36.9 Å². The van der Waals surface area contributed by atoms with Crippen LogP contribution in [0.15, 0.2) is 18.2 Å². The first-order chi connectivity index (χ1) is 9.58. The summed E-state index contributed by atoms with van der Waals surface area (Å²) in [6, 6.07) is 4.23. The van der Waals surface area contributed by atoms with Gasteiger partial charge < -0.3 is 15.2 Å². The van der Waals surface area contributed by atoms with E-state index in [4.69, 9.17) is 4.74 Å². The molecule has 0 aromatic heterocycles. The van der Waals surface area contributed by atoms with Crippen LogP contribution < -0.4 is 5.32 Å². The highest BCUT2D eigenvalue weighted by Crippen LogP contribution is 2.18. The van der Waals surface area contributed by atoms with E-state index in [1.807, 2.05) is 0 Å². The molecule has 0 bridgehead atoms. The maximum atomic E-state index is 13.1. The van der Waals surface area contributed by atoms with E-state index in [9.17, 15) is 14.3 Å². The zero-order valence-corrected chi connectivity index (χ0v) is 11.6. The Morgan fingerprint density at radius 3 is 2.85 bits per heavy atom. The lowest BCUT2D eigenvalue weighted by molar-refractivity contribution is 0.00873. The summed E-state index contributed by atoms with van der Waals surface area (Å²) in [5, 5.41) is 12.7. The third kappa shape index (κ3) is 3.77. The van der Waals surface area contributed by atoms with E-state index in [1.54, 1.807) is 6.92 Å². The Morgan fingerprint density at radius 1 is 1.50 bits per heavy atom. The Labute approximate surface area is 117 Å². The molecule has 0 saturated carbocycles. The lowest BCUT2D eigenvalue weighted by Gasteiger charge is -2.26. The van der Waals surface area contributed by atoms with Crippen molar-refractivity contribution in [2.75, 3.05) is 19.8 Å². The third-order valence-corrected chi connectivity index (χ3v) is 3.70. The molecule has 5 heteroatoms. The van der Waals surface area contributed by atoms with Crippen LogP contribution in [0.25, 0.3) is 0 Å². The fourth-order valence-electron chi connectivity index (χ4n) is 2.35. The molecule has 0 spiro atoms. The molecular formula is C15H20FNO3. The fourth-order valence-corrected chi connectivity index (χ4v) is 2.35. The van der Waals surface area contributed by atoms with Gasteiger partial charge in [0.1, 0.15) is 5.82 Å². The molecule has 2 rings (SSSR count). The summed E-state index contributed by atoms with van der Waals surface area (Å²) in [5.74, 6) is -0.456. The van der Waals surface area contributed by atoms with Crippen molar-refractivity contribution in [2.45, 2.75) is 25.9 Å². The summed E-state index contributed by atoms with van der Waals surface area (Å²) in [5.41, 5.74) is 0.839. The van der Waals surface area contributed by atoms with Crippen molar-refractivity contribution in [2.24, 2.45) is 5.92 Å². The molecule has 0 aliphatic carbocycles. The molecule has 2 N–H and O–H groups in total. The maximum absolute atomic E-state index is 13.1. The third-order valence-electron chi connectivity index (χ3n) is 3.70. The molecule has 0 radical (unpaired) electrons. The van der Waals surface area contributed by atoms with Crippen LogP contribution >= 0.6 is 0 Å². The zero-order chi connectivity index (χ0) is 14.5. The van der Waals surface area contributed by atoms with Gasteiger partial charge in [0.15, 0.2) is 0 Å². The van der Waals surface area contributed by atoms with Gasteiger partial charge in [0.25, 0.3) is 5.91 Å². The van der Waals surface area contributed by atoms with Crippen LogP contribution in [0.5, 0.6) is 0 Å². The second-order valence-corrected chi connectivity index (χ2v) is 5.19. The van der Waals surface area contributed by atoms with Crippen LogP contribution in [-0.2, 0) is 4.74 Å². The Morgan fingerprint density at radius 2 is 2.20 bits per heavy atom. The van der Waals surface area contributed by atoms with E-state index in [0.717, 1.165) is 12.8 Å². The first-order valence-corrected chi connectivity index (χ1v) is 6.88. The van der Waals surface area contributed by atoms with Gasteiger partial charge >= 0.3 is 0 Å². The Balaban J connectivity index is 1.86. The smallest absolute Gasteiger partial charge is 0.251 e. The van der Waals surface area contributed by atoms with Crippen molar-refractivity contribution in [3.8, 4) is 0 Å². The van der Waals surface area contributed by atoms with Gasteiger partial charge in [-0.2, -0.15) is 0 Å². The molecule has 1 atom stereocenters. The van der Waals surface area contributed by atoms with Crippen LogP contribution in [0.3, 0.4) is 0 Å². The van der Waals surface area contributed by atoms with E-state index in [-0.39, 0.29) is 24.2 Å². The molecule has 1 aliphatic heterocycles. The minimum Gasteiger partial charge on any atom is -0.391 e. The number of benzene rings is 1. The van der Waals surface area contributed by atoms with Crippen LogP contribution in [0.4, 0.5) is 4.39 Å². The number of hydrogen-bond donors (Lipinski definition) is 2. The number of nitrogens with one attached hydrogen (secondary N) is 1. The number of carbonyl (C=O) groups excluding carboxylic acids is 1. The highest BCUT2D eigenvalue weighted by Gasteiger charge is 2.22. The van der Waals surface area contributed by atoms with Crippen molar-refractivity contribution in [1.82, 2.24) is 5.32 Å². The number of rotatable bonds is 4. The molecule has 1 heterocycles. The average Bonchev–Trinajstić information content (AvgIpc) is 2.48. The van der Waals surface area contributed by atoms with Gasteiger partial charge in [-0.1, -0.05) is 0 Å². The number of aliphatic hydroxyl groups is 1. The van der Waals surface area contributed by atoms with Gasteiger partial charge in [0.2, 0.25) is 0 Å². The largest absolute Gasteiger partial charge is 0.391 e. The summed E-state index contributed by atoms with van der Waals surface area (Å²) < 4.78 is 18.4. The van der Waals surface area contributed by atoms with Gasteiger partial charge in [-0.3, -0.25) is 4.79 Å². The molecular weight excluding hydrogens is 261 g/mol. The van der Waals surface area contributed by atoms with E-state index in [0.29, 0.717) is 24.3 Å². The number of ether oxygens (including phenoxy) is 1. The van der Waals surface area contributed by atoms with Gasteiger partial charge in [0, 0.05) is 25.3 Å². The van der Waals surface area contributed by atoms with Gasteiger partial charge in [0.05, 0.1) is 6.10 Å². The topological polar surface area (TPSA) is 58.6 Å². The van der Waals surface area contributed by atoms with Gasteiger partial charge in [-0.05, 0) is 49.4 Å². The molecule has 1 aromatic carbocycles. The van der Waals surface area contributed by atoms with Gasteiger partial charge in [-0.15, -0.1) is 0 Å². The quantitative estimate of drug-likeness (QED) is 0.882. The summed E-state index contributed by atoms with van der Waals surface area (Å²) >= 11 is 0. The van der Waals surface area contributed by atoms with Crippen molar-refractivity contribution in [1.29, 1.82) is 0 Å². The van der Waals surface area contributed by atoms with Crippen LogP contribution in [0, 0.1) is 18.7 Å². The summed E-state index contributed by atoms with van der Waals surface area (Å²) in [7, 11) is 0. The maximum Gasteiger partial charge on any atom is 0.251 e. The molecule has 1 aliphatic rings. The fraction of sp³-hybridized carbons (Fsp3) is 0.533. The van der Waals surface area contributed by atoms with E-state index < -0.39 is 6.10 Å². The summed E-state index contributed by atoms with van der Waals surface area (Å²) in [6.45, 7) is 3.14. The van der Waals surface area contributed by atoms with Crippen molar-refractivity contribution in [3.05, 3.63) is 35.1 Å². The molecule has 4 nitrogen and oxygen atoms in total. The number of aliphatic hydroxyl groups excluding tert-OH is 1. The molecule has 1 amide bonds. The number of amides is 1. The van der Waals surface area contributed by atoms with Crippen LogP contribution in [0.1, 0.15) is 28.8 Å². The van der Waals surface area contributed by atoms with E-state index in [2.05, 4.69) is 5.32 Å². The van der Waals surface area contributed by atoms with E-state index in [1.165, 1.54) is 18.2 Å². The van der Waals surface area contributed by atoms with Crippen molar-refractivity contribution < 1.29 is 19.0 Å². The Hall–Kier alpha value is -1.46. The van der Waals surface area contributed by atoms with E-state index >= 15 is 0 Å². The minimum atomic E-state index is -0.565. The number of halogens is 1. The number of carbonyl (C=O) groups is 1. The first kappa shape index (κ1) is 14.9. The van der Waals surface area contributed by atoms with Crippen molar-refractivity contribution >= 4 is 5.91 Å². The van der Waals surface area contributed by atoms with Crippen LogP contribution in [0.2, 0.25) is 0 Å². The molecule has 1 saturated heterocycles. The lowest BCUT2D eigenvalue weighted by atomic mass is 9.94. The average molecular weight is 281 g/mol. The molecule has 1 aromatic rings. The number of aryl methyl sites for hydroxylation is 1. The first-order valence-electron chi connectivity index (χ1n) is 6.88. The monoisotopic (exact) mass is 281 g/mol. The predicted octanol–water partition coefficient (Wildman–Crippen LogP) is 1.65. The highest BCUT2D eigenvalue weighted by molar-refractivity contribution is 5.94. The second kappa shape index (κ2) is 6.81. The summed E-state index contributed by atoms with van der Waals surface area (Å²) in [4.78, 5) is 11.9. The molecule has 1 fully saturated rings. The normalized spacial score (nSPS) is 17.8.